The first-order valence-corrected chi connectivity index (χ1v) is 8.76. The van der Waals surface area contributed by atoms with Crippen LogP contribution in [0.4, 0.5) is 0 Å². The van der Waals surface area contributed by atoms with Crippen LogP contribution in [0.3, 0.4) is 0 Å². The van der Waals surface area contributed by atoms with Crippen LogP contribution in [0, 0.1) is 0 Å². The van der Waals surface area contributed by atoms with Crippen molar-refractivity contribution in [1.29, 1.82) is 0 Å². The first-order valence-electron chi connectivity index (χ1n) is 6.46. The van der Waals surface area contributed by atoms with Gasteiger partial charge in [0.05, 0.1) is 11.0 Å². The summed E-state index contributed by atoms with van der Waals surface area (Å²) >= 11 is 13.8. The number of aromatic nitrogens is 2. The summed E-state index contributed by atoms with van der Waals surface area (Å²) in [5.74, 6) is 2.88. The molecule has 2 nitrogen and oxygen atoms in total. The number of aryl methyl sites for hydroxylation is 2. The molecule has 1 aromatic heterocycles. The molecule has 1 heterocycles. The predicted molar refractivity (Wildman–Crippen MR) is 86.8 cm³/mol. The number of thioether (sulfide) groups is 1. The van der Waals surface area contributed by atoms with Crippen LogP contribution >= 0.6 is 35.0 Å². The van der Waals surface area contributed by atoms with Crippen LogP contribution in [0.1, 0.15) is 18.7 Å². The number of halogens is 2. The topological polar surface area (TPSA) is 17.8 Å². The van der Waals surface area contributed by atoms with Crippen molar-refractivity contribution in [3.63, 3.8) is 0 Å². The standard InChI is InChI=1S/C14H18Cl2N2S/c1-19-9-3-2-8-18-13-5-4-11(16)10-12(13)17-14(18)6-7-15/h4-5,10H,2-3,6-9H2,1H3. The molecule has 0 N–H and O–H groups in total. The van der Waals surface area contributed by atoms with Crippen molar-refractivity contribution in [3.05, 3.63) is 29.0 Å². The van der Waals surface area contributed by atoms with Gasteiger partial charge >= 0.3 is 0 Å². The molecule has 0 amide bonds. The molecule has 0 aliphatic heterocycles. The zero-order valence-electron chi connectivity index (χ0n) is 11.0. The number of rotatable bonds is 7. The fourth-order valence-corrected chi connectivity index (χ4v) is 3.02. The van der Waals surface area contributed by atoms with E-state index in [1.807, 2.05) is 23.9 Å². The number of imidazole rings is 1. The molecule has 0 spiro atoms. The van der Waals surface area contributed by atoms with Gasteiger partial charge in [-0.2, -0.15) is 11.8 Å². The molecule has 0 saturated carbocycles. The van der Waals surface area contributed by atoms with Gasteiger partial charge in [-0.05, 0) is 43.0 Å². The first kappa shape index (κ1) is 15.0. The molecule has 1 aromatic carbocycles. The van der Waals surface area contributed by atoms with E-state index in [1.165, 1.54) is 18.6 Å². The maximum Gasteiger partial charge on any atom is 0.111 e. The third-order valence-electron chi connectivity index (χ3n) is 3.09. The van der Waals surface area contributed by atoms with Gasteiger partial charge in [0.2, 0.25) is 0 Å². The second-order valence-corrected chi connectivity index (χ2v) is 6.25. The molecular formula is C14H18Cl2N2S. The van der Waals surface area contributed by atoms with Gasteiger partial charge in [0.1, 0.15) is 5.82 Å². The average Bonchev–Trinajstić information content (AvgIpc) is 2.72. The minimum Gasteiger partial charge on any atom is -0.328 e. The Hall–Kier alpha value is -0.380. The summed E-state index contributed by atoms with van der Waals surface area (Å²) in [7, 11) is 0. The van der Waals surface area contributed by atoms with Gasteiger partial charge in [-0.1, -0.05) is 11.6 Å². The molecule has 0 fully saturated rings. The van der Waals surface area contributed by atoms with Crippen molar-refractivity contribution in [1.82, 2.24) is 9.55 Å². The monoisotopic (exact) mass is 316 g/mol. The third kappa shape index (κ3) is 3.80. The molecule has 0 unspecified atom stereocenters. The summed E-state index contributed by atoms with van der Waals surface area (Å²) in [4.78, 5) is 4.65. The summed E-state index contributed by atoms with van der Waals surface area (Å²) in [5.41, 5.74) is 2.13. The molecule has 2 aromatic rings. The molecule has 0 aliphatic carbocycles. The Morgan fingerprint density at radius 1 is 1.32 bits per heavy atom. The highest BCUT2D eigenvalue weighted by Crippen LogP contribution is 2.22. The summed E-state index contributed by atoms with van der Waals surface area (Å²) in [6.07, 6.45) is 5.35. The van der Waals surface area contributed by atoms with E-state index in [0.29, 0.717) is 5.88 Å². The van der Waals surface area contributed by atoms with Crippen molar-refractivity contribution >= 4 is 46.0 Å². The minimum atomic E-state index is 0.599. The zero-order valence-corrected chi connectivity index (χ0v) is 13.4. The van der Waals surface area contributed by atoms with Gasteiger partial charge in [-0.15, -0.1) is 11.6 Å². The Morgan fingerprint density at radius 2 is 2.16 bits per heavy atom. The first-order chi connectivity index (χ1) is 9.26. The maximum atomic E-state index is 6.02. The SMILES string of the molecule is CSCCCCn1c(CCCl)nc2cc(Cl)ccc21. The Bertz CT molecular complexity index is 539. The molecule has 0 atom stereocenters. The van der Waals surface area contributed by atoms with Crippen LogP contribution in [-0.4, -0.2) is 27.4 Å². The third-order valence-corrected chi connectivity index (χ3v) is 4.21. The smallest absolute Gasteiger partial charge is 0.111 e. The summed E-state index contributed by atoms with van der Waals surface area (Å²) < 4.78 is 2.29. The van der Waals surface area contributed by atoms with Gasteiger partial charge < -0.3 is 4.57 Å². The second-order valence-electron chi connectivity index (χ2n) is 4.45. The van der Waals surface area contributed by atoms with E-state index in [2.05, 4.69) is 21.9 Å². The lowest BCUT2D eigenvalue weighted by Gasteiger charge is -2.08. The van der Waals surface area contributed by atoms with Crippen molar-refractivity contribution in [2.24, 2.45) is 0 Å². The quantitative estimate of drug-likeness (QED) is 0.548. The number of nitrogens with zero attached hydrogens (tertiary/aromatic N) is 2. The van der Waals surface area contributed by atoms with Crippen molar-refractivity contribution in [2.75, 3.05) is 17.9 Å². The molecule has 5 heteroatoms. The van der Waals surface area contributed by atoms with Gasteiger partial charge in [0, 0.05) is 23.9 Å². The van der Waals surface area contributed by atoms with Gasteiger partial charge in [0.25, 0.3) is 0 Å². The van der Waals surface area contributed by atoms with Gasteiger partial charge in [-0.25, -0.2) is 4.98 Å². The van der Waals surface area contributed by atoms with E-state index in [-0.39, 0.29) is 0 Å². The lowest BCUT2D eigenvalue weighted by molar-refractivity contribution is 0.623. The summed E-state index contributed by atoms with van der Waals surface area (Å²) in [5, 5.41) is 0.733. The van der Waals surface area contributed by atoms with E-state index in [0.717, 1.165) is 34.8 Å². The number of alkyl halides is 1. The van der Waals surface area contributed by atoms with Crippen LogP contribution in [0.5, 0.6) is 0 Å². The van der Waals surface area contributed by atoms with E-state index in [4.69, 9.17) is 23.2 Å². The lowest BCUT2D eigenvalue weighted by Crippen LogP contribution is -2.05. The highest BCUT2D eigenvalue weighted by Gasteiger charge is 2.10. The van der Waals surface area contributed by atoms with Crippen LogP contribution < -0.4 is 0 Å². The van der Waals surface area contributed by atoms with E-state index >= 15 is 0 Å². The lowest BCUT2D eigenvalue weighted by atomic mass is 10.3. The largest absolute Gasteiger partial charge is 0.328 e. The minimum absolute atomic E-state index is 0.599. The normalized spacial score (nSPS) is 11.3. The Labute approximate surface area is 128 Å². The Balaban J connectivity index is 2.24. The number of benzene rings is 1. The molecule has 0 saturated heterocycles. The van der Waals surface area contributed by atoms with Gasteiger partial charge in [0.15, 0.2) is 0 Å². The van der Waals surface area contributed by atoms with Crippen LogP contribution in [0.25, 0.3) is 11.0 Å². The average molecular weight is 317 g/mol. The molecule has 0 aliphatic rings. The molecular weight excluding hydrogens is 299 g/mol. The zero-order chi connectivity index (χ0) is 13.7. The van der Waals surface area contributed by atoms with Crippen molar-refractivity contribution in [2.45, 2.75) is 25.8 Å². The van der Waals surface area contributed by atoms with E-state index in [1.54, 1.807) is 0 Å². The molecule has 2 rings (SSSR count). The fraction of sp³-hybridized carbons (Fsp3) is 0.500. The van der Waals surface area contributed by atoms with Gasteiger partial charge in [-0.3, -0.25) is 0 Å². The van der Waals surface area contributed by atoms with Crippen LogP contribution in [0.15, 0.2) is 18.2 Å². The maximum absolute atomic E-state index is 6.02. The number of hydrogen-bond donors (Lipinski definition) is 0. The molecule has 0 radical (unpaired) electrons. The Morgan fingerprint density at radius 3 is 2.89 bits per heavy atom. The second kappa shape index (κ2) is 7.41. The highest BCUT2D eigenvalue weighted by atomic mass is 35.5. The number of hydrogen-bond acceptors (Lipinski definition) is 2. The molecule has 19 heavy (non-hydrogen) atoms. The van der Waals surface area contributed by atoms with E-state index in [9.17, 15) is 0 Å². The summed E-state index contributed by atoms with van der Waals surface area (Å²) in [6.45, 7) is 1.00. The Kier molecular flexibility index (Phi) is 5.86. The fourth-order valence-electron chi connectivity index (χ4n) is 2.19. The van der Waals surface area contributed by atoms with Crippen LogP contribution in [-0.2, 0) is 13.0 Å². The van der Waals surface area contributed by atoms with E-state index < -0.39 is 0 Å². The molecule has 0 bridgehead atoms. The van der Waals surface area contributed by atoms with Crippen molar-refractivity contribution < 1.29 is 0 Å². The summed E-state index contributed by atoms with van der Waals surface area (Å²) in [6, 6.07) is 5.90. The number of fused-ring (bicyclic) bond motifs is 1. The van der Waals surface area contributed by atoms with Crippen LogP contribution in [0.2, 0.25) is 5.02 Å². The predicted octanol–water partition coefficient (Wildman–Crippen LogP) is 4.61. The number of unbranched alkanes of at least 4 members (excludes halogenated alkanes) is 1. The highest BCUT2D eigenvalue weighted by molar-refractivity contribution is 7.98. The van der Waals surface area contributed by atoms with Crippen molar-refractivity contribution in [3.8, 4) is 0 Å². The molecule has 104 valence electrons.